The SMILES string of the molecule is COc1ccc(OC)c(C2CCCN2C(=O)NCc2ccoc2)c1. The Hall–Kier alpha value is -2.63. The fourth-order valence-electron chi connectivity index (χ4n) is 3.11. The Balaban J connectivity index is 1.76. The average Bonchev–Trinajstić information content (AvgIpc) is 3.30. The number of nitrogens with one attached hydrogen (secondary N) is 1. The topological polar surface area (TPSA) is 63.9 Å². The maximum atomic E-state index is 12.6. The van der Waals surface area contributed by atoms with Gasteiger partial charge in [0.05, 0.1) is 32.8 Å². The van der Waals surface area contributed by atoms with E-state index in [1.54, 1.807) is 26.7 Å². The van der Waals surface area contributed by atoms with E-state index in [0.29, 0.717) is 6.54 Å². The summed E-state index contributed by atoms with van der Waals surface area (Å²) in [5.74, 6) is 1.53. The van der Waals surface area contributed by atoms with Crippen molar-refractivity contribution in [2.75, 3.05) is 20.8 Å². The third-order valence-electron chi connectivity index (χ3n) is 4.33. The van der Waals surface area contributed by atoms with Gasteiger partial charge in [0.1, 0.15) is 11.5 Å². The fraction of sp³-hybridized carbons (Fsp3) is 0.389. The first-order chi connectivity index (χ1) is 11.7. The molecule has 1 aliphatic heterocycles. The molecule has 1 fully saturated rings. The van der Waals surface area contributed by atoms with Gasteiger partial charge in [-0.05, 0) is 37.1 Å². The lowest BCUT2D eigenvalue weighted by molar-refractivity contribution is 0.191. The average molecular weight is 330 g/mol. The normalized spacial score (nSPS) is 16.9. The van der Waals surface area contributed by atoms with Crippen LogP contribution in [0.25, 0.3) is 0 Å². The summed E-state index contributed by atoms with van der Waals surface area (Å²) in [4.78, 5) is 14.4. The number of nitrogens with zero attached hydrogens (tertiary/aromatic N) is 1. The van der Waals surface area contributed by atoms with Gasteiger partial charge in [-0.25, -0.2) is 4.79 Å². The quantitative estimate of drug-likeness (QED) is 0.913. The van der Waals surface area contributed by atoms with Crippen LogP contribution in [-0.4, -0.2) is 31.7 Å². The first-order valence-corrected chi connectivity index (χ1v) is 8.00. The third kappa shape index (κ3) is 3.32. The molecule has 0 spiro atoms. The summed E-state index contributed by atoms with van der Waals surface area (Å²) in [5.41, 5.74) is 1.92. The van der Waals surface area contributed by atoms with Gasteiger partial charge in [0.2, 0.25) is 0 Å². The molecule has 0 radical (unpaired) electrons. The van der Waals surface area contributed by atoms with Crippen LogP contribution in [-0.2, 0) is 6.54 Å². The molecule has 6 nitrogen and oxygen atoms in total. The molecule has 3 rings (SSSR count). The van der Waals surface area contributed by atoms with Crippen LogP contribution in [0.15, 0.2) is 41.2 Å². The molecular formula is C18H22N2O4. The lowest BCUT2D eigenvalue weighted by Crippen LogP contribution is -2.39. The Kier molecular flexibility index (Phi) is 4.93. The van der Waals surface area contributed by atoms with Gasteiger partial charge < -0.3 is 24.1 Å². The molecule has 2 amide bonds. The molecule has 128 valence electrons. The van der Waals surface area contributed by atoms with E-state index in [1.807, 2.05) is 29.2 Å². The van der Waals surface area contributed by atoms with Crippen molar-refractivity contribution < 1.29 is 18.7 Å². The number of carbonyl (C=O) groups excluding carboxylic acids is 1. The number of hydrogen-bond acceptors (Lipinski definition) is 4. The predicted molar refractivity (Wildman–Crippen MR) is 89.2 cm³/mol. The van der Waals surface area contributed by atoms with E-state index >= 15 is 0 Å². The van der Waals surface area contributed by atoms with Gasteiger partial charge in [-0.1, -0.05) is 0 Å². The monoisotopic (exact) mass is 330 g/mol. The van der Waals surface area contributed by atoms with Gasteiger partial charge in [0, 0.05) is 24.2 Å². The summed E-state index contributed by atoms with van der Waals surface area (Å²) in [5, 5.41) is 2.95. The summed E-state index contributed by atoms with van der Waals surface area (Å²) < 4.78 is 15.8. The Morgan fingerprint density at radius 1 is 1.33 bits per heavy atom. The molecule has 0 aliphatic carbocycles. The van der Waals surface area contributed by atoms with Crippen molar-refractivity contribution in [2.45, 2.75) is 25.4 Å². The van der Waals surface area contributed by atoms with Gasteiger partial charge in [0.15, 0.2) is 0 Å². The molecule has 6 heteroatoms. The lowest BCUT2D eigenvalue weighted by Gasteiger charge is -2.26. The molecule has 1 unspecified atom stereocenters. The fourth-order valence-corrected chi connectivity index (χ4v) is 3.11. The van der Waals surface area contributed by atoms with E-state index in [-0.39, 0.29) is 12.1 Å². The number of furan rings is 1. The van der Waals surface area contributed by atoms with Crippen LogP contribution in [0.3, 0.4) is 0 Å². The molecule has 1 aromatic carbocycles. The van der Waals surface area contributed by atoms with E-state index in [1.165, 1.54) is 0 Å². The minimum absolute atomic E-state index is 0.0144. The second-order valence-electron chi connectivity index (χ2n) is 5.75. The highest BCUT2D eigenvalue weighted by Crippen LogP contribution is 2.38. The van der Waals surface area contributed by atoms with Crippen LogP contribution < -0.4 is 14.8 Å². The van der Waals surface area contributed by atoms with Crippen LogP contribution >= 0.6 is 0 Å². The molecule has 1 N–H and O–H groups in total. The van der Waals surface area contributed by atoms with E-state index in [2.05, 4.69) is 5.32 Å². The van der Waals surface area contributed by atoms with E-state index < -0.39 is 0 Å². The highest BCUT2D eigenvalue weighted by atomic mass is 16.5. The van der Waals surface area contributed by atoms with Gasteiger partial charge in [-0.2, -0.15) is 0 Å². The van der Waals surface area contributed by atoms with Crippen molar-refractivity contribution in [1.29, 1.82) is 0 Å². The molecule has 24 heavy (non-hydrogen) atoms. The number of methoxy groups -OCH3 is 2. The number of benzene rings is 1. The van der Waals surface area contributed by atoms with Crippen LogP contribution in [0.1, 0.15) is 30.0 Å². The summed E-state index contributed by atoms with van der Waals surface area (Å²) in [6.07, 6.45) is 5.10. The van der Waals surface area contributed by atoms with Crippen molar-refractivity contribution in [3.05, 3.63) is 47.9 Å². The maximum Gasteiger partial charge on any atom is 0.318 e. The minimum Gasteiger partial charge on any atom is -0.497 e. The molecule has 2 heterocycles. The Bertz CT molecular complexity index is 684. The highest BCUT2D eigenvalue weighted by Gasteiger charge is 2.32. The van der Waals surface area contributed by atoms with Crippen molar-refractivity contribution in [2.24, 2.45) is 0 Å². The molecule has 2 aromatic rings. The zero-order valence-corrected chi connectivity index (χ0v) is 14.0. The predicted octanol–water partition coefficient (Wildman–Crippen LogP) is 3.34. The Labute approximate surface area is 141 Å². The Morgan fingerprint density at radius 3 is 2.92 bits per heavy atom. The Morgan fingerprint density at radius 2 is 2.21 bits per heavy atom. The minimum atomic E-state index is -0.0800. The van der Waals surface area contributed by atoms with Crippen molar-refractivity contribution in [3.8, 4) is 11.5 Å². The van der Waals surface area contributed by atoms with E-state index in [9.17, 15) is 4.79 Å². The number of rotatable bonds is 5. The molecular weight excluding hydrogens is 308 g/mol. The molecule has 1 saturated heterocycles. The van der Waals surface area contributed by atoms with E-state index in [4.69, 9.17) is 13.9 Å². The number of carbonyl (C=O) groups is 1. The number of amides is 2. The highest BCUT2D eigenvalue weighted by molar-refractivity contribution is 5.75. The number of likely N-dealkylation sites (tertiary alicyclic amines) is 1. The van der Waals surface area contributed by atoms with Crippen molar-refractivity contribution >= 4 is 6.03 Å². The van der Waals surface area contributed by atoms with E-state index in [0.717, 1.165) is 42.0 Å². The molecule has 1 aliphatic rings. The zero-order chi connectivity index (χ0) is 16.9. The molecule has 1 aromatic heterocycles. The summed E-state index contributed by atoms with van der Waals surface area (Å²) in [6, 6.07) is 7.44. The van der Waals surface area contributed by atoms with Crippen LogP contribution in [0, 0.1) is 0 Å². The summed E-state index contributed by atoms with van der Waals surface area (Å²) in [6.45, 7) is 1.18. The second kappa shape index (κ2) is 7.29. The number of ether oxygens (including phenoxy) is 2. The lowest BCUT2D eigenvalue weighted by atomic mass is 10.0. The van der Waals surface area contributed by atoms with Gasteiger partial charge in [-0.3, -0.25) is 0 Å². The first-order valence-electron chi connectivity index (χ1n) is 8.00. The number of hydrogen-bond donors (Lipinski definition) is 1. The first kappa shape index (κ1) is 16.2. The van der Waals surface area contributed by atoms with Crippen LogP contribution in [0.2, 0.25) is 0 Å². The van der Waals surface area contributed by atoms with Gasteiger partial charge in [-0.15, -0.1) is 0 Å². The van der Waals surface area contributed by atoms with Crippen molar-refractivity contribution in [3.63, 3.8) is 0 Å². The van der Waals surface area contributed by atoms with Crippen molar-refractivity contribution in [1.82, 2.24) is 10.2 Å². The smallest absolute Gasteiger partial charge is 0.318 e. The van der Waals surface area contributed by atoms with Crippen LogP contribution in [0.5, 0.6) is 11.5 Å². The molecule has 1 atom stereocenters. The zero-order valence-electron chi connectivity index (χ0n) is 14.0. The number of urea groups is 1. The standard InChI is InChI=1S/C18H22N2O4/c1-22-14-5-6-17(23-2)15(10-14)16-4-3-8-20(16)18(21)19-11-13-7-9-24-12-13/h5-7,9-10,12,16H,3-4,8,11H2,1-2H3,(H,19,21). The van der Waals surface area contributed by atoms with Crippen LogP contribution in [0.4, 0.5) is 4.79 Å². The second-order valence-corrected chi connectivity index (χ2v) is 5.75. The molecule has 0 saturated carbocycles. The largest absolute Gasteiger partial charge is 0.497 e. The summed E-state index contributed by atoms with van der Waals surface area (Å²) in [7, 11) is 3.28. The van der Waals surface area contributed by atoms with Gasteiger partial charge >= 0.3 is 6.03 Å². The third-order valence-corrected chi connectivity index (χ3v) is 4.33. The molecule has 0 bridgehead atoms. The maximum absolute atomic E-state index is 12.6. The van der Waals surface area contributed by atoms with Gasteiger partial charge in [0.25, 0.3) is 0 Å². The summed E-state index contributed by atoms with van der Waals surface area (Å²) >= 11 is 0.